The first-order valence-corrected chi connectivity index (χ1v) is 15.2. The van der Waals surface area contributed by atoms with Crippen molar-refractivity contribution in [3.05, 3.63) is 46.8 Å². The molecule has 1 amide bonds. The van der Waals surface area contributed by atoms with Gasteiger partial charge in [0, 0.05) is 37.3 Å². The first-order valence-electron chi connectivity index (χ1n) is 12.9. The summed E-state index contributed by atoms with van der Waals surface area (Å²) in [6.07, 6.45) is 5.00. The molecule has 10 nitrogen and oxygen atoms in total. The van der Waals surface area contributed by atoms with Gasteiger partial charge in [-0.1, -0.05) is 30.6 Å². The van der Waals surface area contributed by atoms with Crippen LogP contribution in [-0.2, 0) is 26.1 Å². The Morgan fingerprint density at radius 2 is 1.74 bits per heavy atom. The quantitative estimate of drug-likeness (QED) is 0.396. The molecule has 2 aromatic carbocycles. The number of esters is 1. The van der Waals surface area contributed by atoms with Gasteiger partial charge in [-0.25, -0.2) is 8.42 Å². The summed E-state index contributed by atoms with van der Waals surface area (Å²) in [5.74, 6) is 0.302. The van der Waals surface area contributed by atoms with Crippen molar-refractivity contribution in [2.75, 3.05) is 27.4 Å². The number of carbonyl (C=O) groups excluding carboxylic acids is 2. The van der Waals surface area contributed by atoms with E-state index in [1.807, 2.05) is 12.1 Å². The molecular formula is C27H31N3O7S2. The predicted octanol–water partition coefficient (Wildman–Crippen LogP) is 3.73. The summed E-state index contributed by atoms with van der Waals surface area (Å²) in [6, 6.07) is 9.54. The van der Waals surface area contributed by atoms with Crippen molar-refractivity contribution in [3.8, 4) is 11.5 Å². The van der Waals surface area contributed by atoms with Crippen LogP contribution in [0.4, 0.5) is 0 Å². The normalized spacial score (nSPS) is 16.5. The zero-order chi connectivity index (χ0) is 27.6. The molecule has 1 aliphatic carbocycles. The van der Waals surface area contributed by atoms with Crippen molar-refractivity contribution in [2.24, 2.45) is 4.99 Å². The van der Waals surface area contributed by atoms with E-state index in [0.717, 1.165) is 42.3 Å². The molecule has 0 unspecified atom stereocenters. The third-order valence-electron chi connectivity index (χ3n) is 7.18. The van der Waals surface area contributed by atoms with Crippen LogP contribution >= 0.6 is 11.3 Å². The average molecular weight is 574 g/mol. The number of ether oxygens (including phenoxy) is 3. The van der Waals surface area contributed by atoms with Gasteiger partial charge in [-0.05, 0) is 37.1 Å². The summed E-state index contributed by atoms with van der Waals surface area (Å²) in [4.78, 5) is 29.9. The van der Waals surface area contributed by atoms with E-state index in [-0.39, 0.29) is 35.4 Å². The van der Waals surface area contributed by atoms with Crippen LogP contribution in [0.25, 0.3) is 10.2 Å². The first-order chi connectivity index (χ1) is 18.8. The minimum atomic E-state index is -3.67. The van der Waals surface area contributed by atoms with Crippen LogP contribution in [0.2, 0.25) is 0 Å². The van der Waals surface area contributed by atoms with Gasteiger partial charge in [0.1, 0.15) is 13.2 Å². The Balaban J connectivity index is 1.45. The van der Waals surface area contributed by atoms with Crippen molar-refractivity contribution in [3.63, 3.8) is 0 Å². The van der Waals surface area contributed by atoms with Crippen LogP contribution in [0.1, 0.15) is 48.9 Å². The van der Waals surface area contributed by atoms with Crippen molar-refractivity contribution >= 4 is 43.5 Å². The number of benzene rings is 2. The Morgan fingerprint density at radius 1 is 1.08 bits per heavy atom. The van der Waals surface area contributed by atoms with Crippen LogP contribution in [0.15, 0.2) is 46.3 Å². The summed E-state index contributed by atoms with van der Waals surface area (Å²) in [5.41, 5.74) is 1.02. The molecule has 3 aromatic rings. The molecule has 5 rings (SSSR count). The third-order valence-corrected chi connectivity index (χ3v) is 10.1. The zero-order valence-electron chi connectivity index (χ0n) is 21.9. The summed E-state index contributed by atoms with van der Waals surface area (Å²) in [6.45, 7) is 1.13. The Hall–Kier alpha value is -3.22. The number of aryl methyl sites for hydroxylation is 1. The third kappa shape index (κ3) is 5.73. The number of thiazole rings is 1. The fraction of sp³-hybridized carbons (Fsp3) is 0.444. The molecule has 208 valence electrons. The molecule has 0 N–H and O–H groups in total. The van der Waals surface area contributed by atoms with E-state index in [0.29, 0.717) is 29.5 Å². The number of hydrogen-bond donors (Lipinski definition) is 0. The van der Waals surface area contributed by atoms with E-state index in [9.17, 15) is 18.0 Å². The molecule has 12 heteroatoms. The minimum Gasteiger partial charge on any atom is -0.486 e. The lowest BCUT2D eigenvalue weighted by Gasteiger charge is -2.30. The second kappa shape index (κ2) is 11.5. The van der Waals surface area contributed by atoms with E-state index in [4.69, 9.17) is 14.2 Å². The summed E-state index contributed by atoms with van der Waals surface area (Å²) >= 11 is 1.29. The molecule has 1 fully saturated rings. The Bertz CT molecular complexity index is 1550. The van der Waals surface area contributed by atoms with Crippen molar-refractivity contribution in [1.82, 2.24) is 8.87 Å². The van der Waals surface area contributed by atoms with Gasteiger partial charge in [0.2, 0.25) is 10.0 Å². The van der Waals surface area contributed by atoms with E-state index in [2.05, 4.69) is 4.99 Å². The summed E-state index contributed by atoms with van der Waals surface area (Å²) in [7, 11) is -0.716. The average Bonchev–Trinajstić information content (AvgIpc) is 3.29. The Labute approximate surface area is 230 Å². The number of sulfonamides is 1. The van der Waals surface area contributed by atoms with Gasteiger partial charge in [0.05, 0.1) is 28.6 Å². The molecule has 1 saturated carbocycles. The maximum absolute atomic E-state index is 13.2. The molecule has 2 heterocycles. The van der Waals surface area contributed by atoms with Crippen molar-refractivity contribution < 1.29 is 32.2 Å². The molecule has 1 aromatic heterocycles. The fourth-order valence-corrected chi connectivity index (χ4v) is 7.42. The molecule has 0 spiro atoms. The molecule has 1 aliphatic heterocycles. The first kappa shape index (κ1) is 27.4. The molecule has 0 saturated heterocycles. The number of amides is 1. The second-order valence-electron chi connectivity index (χ2n) is 9.58. The predicted molar refractivity (Wildman–Crippen MR) is 146 cm³/mol. The zero-order valence-corrected chi connectivity index (χ0v) is 23.6. The lowest BCUT2D eigenvalue weighted by atomic mass is 9.96. The van der Waals surface area contributed by atoms with Gasteiger partial charge < -0.3 is 18.8 Å². The lowest BCUT2D eigenvalue weighted by Crippen LogP contribution is -2.38. The number of aromatic nitrogens is 1. The molecule has 0 atom stereocenters. The SMILES string of the molecule is COC(=O)CCn1c(=NC(=O)c2ccc(S(=O)(=O)N(C)C3CCCCC3)cc2)sc2cc3c(cc21)OCCO3. The standard InChI is InChI=1S/C27H31N3O7S2/c1-29(19-6-4-3-5-7-19)39(33,34)20-10-8-18(9-11-20)26(32)28-27-30(13-12-25(31)35-2)21-16-22-23(17-24(21)38-27)37-15-14-36-22/h8-11,16-17,19H,3-7,12-15H2,1-2H3. The van der Waals surface area contributed by atoms with Crippen LogP contribution < -0.4 is 14.3 Å². The number of carbonyl (C=O) groups is 2. The second-order valence-corrected chi connectivity index (χ2v) is 12.6. The number of rotatable bonds is 7. The highest BCUT2D eigenvalue weighted by Crippen LogP contribution is 2.35. The number of hydrogen-bond acceptors (Lipinski definition) is 8. The largest absolute Gasteiger partial charge is 0.486 e. The topological polar surface area (TPSA) is 117 Å². The molecule has 0 radical (unpaired) electrons. The smallest absolute Gasteiger partial charge is 0.307 e. The van der Waals surface area contributed by atoms with Gasteiger partial charge in [-0.15, -0.1) is 0 Å². The number of methoxy groups -OCH3 is 1. The highest BCUT2D eigenvalue weighted by atomic mass is 32.2. The maximum Gasteiger partial charge on any atom is 0.307 e. The monoisotopic (exact) mass is 573 g/mol. The van der Waals surface area contributed by atoms with Crippen LogP contribution in [0.5, 0.6) is 11.5 Å². The van der Waals surface area contributed by atoms with E-state index in [1.54, 1.807) is 11.6 Å². The number of nitrogens with zero attached hydrogens (tertiary/aromatic N) is 3. The highest BCUT2D eigenvalue weighted by Gasteiger charge is 2.29. The molecule has 2 aliphatic rings. The van der Waals surface area contributed by atoms with Gasteiger partial charge >= 0.3 is 5.97 Å². The van der Waals surface area contributed by atoms with Gasteiger partial charge in [-0.3, -0.25) is 9.59 Å². The van der Waals surface area contributed by atoms with Gasteiger partial charge in [0.25, 0.3) is 5.91 Å². The lowest BCUT2D eigenvalue weighted by molar-refractivity contribution is -0.140. The van der Waals surface area contributed by atoms with Gasteiger partial charge in [-0.2, -0.15) is 9.30 Å². The van der Waals surface area contributed by atoms with Crippen molar-refractivity contribution in [2.45, 2.75) is 56.0 Å². The van der Waals surface area contributed by atoms with E-state index >= 15 is 0 Å². The molecule has 0 bridgehead atoms. The van der Waals surface area contributed by atoms with E-state index in [1.165, 1.54) is 47.0 Å². The minimum absolute atomic E-state index is 0.00470. The Kier molecular flexibility index (Phi) is 8.06. The van der Waals surface area contributed by atoms with Crippen LogP contribution in [-0.4, -0.2) is 62.6 Å². The Morgan fingerprint density at radius 3 is 2.41 bits per heavy atom. The fourth-order valence-electron chi connectivity index (χ4n) is 4.94. The molecular weight excluding hydrogens is 542 g/mol. The van der Waals surface area contributed by atoms with Crippen LogP contribution in [0, 0.1) is 0 Å². The molecule has 39 heavy (non-hydrogen) atoms. The van der Waals surface area contributed by atoms with E-state index < -0.39 is 15.9 Å². The summed E-state index contributed by atoms with van der Waals surface area (Å²) in [5, 5.41) is 0. The van der Waals surface area contributed by atoms with Crippen LogP contribution in [0.3, 0.4) is 0 Å². The highest BCUT2D eigenvalue weighted by molar-refractivity contribution is 7.89. The van der Waals surface area contributed by atoms with Gasteiger partial charge in [0.15, 0.2) is 16.3 Å². The summed E-state index contributed by atoms with van der Waals surface area (Å²) < 4.78 is 46.6. The van der Waals surface area contributed by atoms with Crippen molar-refractivity contribution in [1.29, 1.82) is 0 Å². The maximum atomic E-state index is 13.2. The number of fused-ring (bicyclic) bond motifs is 2.